The van der Waals surface area contributed by atoms with Crippen LogP contribution in [0.3, 0.4) is 0 Å². The highest BCUT2D eigenvalue weighted by Crippen LogP contribution is 2.17. The maximum atomic E-state index is 10.4. The van der Waals surface area contributed by atoms with Crippen LogP contribution in [0.2, 0.25) is 0 Å². The Labute approximate surface area is 168 Å². The lowest BCUT2D eigenvalue weighted by Crippen LogP contribution is -2.36. The summed E-state index contributed by atoms with van der Waals surface area (Å²) in [5, 5.41) is 17.4. The van der Waals surface area contributed by atoms with E-state index in [1.807, 2.05) is 25.3 Å². The molecule has 0 saturated carbocycles. The summed E-state index contributed by atoms with van der Waals surface area (Å²) >= 11 is 0. The first-order valence-corrected chi connectivity index (χ1v) is 10.4. The molecular formula is C22H34N4O2. The molecule has 0 spiro atoms. The number of β-amino-alcohol motifs (C(OH)–C–C–N with tert-alkyl or cyclic N) is 1. The summed E-state index contributed by atoms with van der Waals surface area (Å²) < 4.78 is 5.88. The molecule has 28 heavy (non-hydrogen) atoms. The summed E-state index contributed by atoms with van der Waals surface area (Å²) in [4.78, 5) is 4.62. The smallest absolute Gasteiger partial charge is 0.119 e. The quantitative estimate of drug-likeness (QED) is 0.694. The number of ether oxygens (including phenoxy) is 1. The number of benzene rings is 1. The first-order chi connectivity index (χ1) is 13.6. The van der Waals surface area contributed by atoms with E-state index in [0.717, 1.165) is 37.6 Å². The third-order valence-corrected chi connectivity index (χ3v) is 5.34. The van der Waals surface area contributed by atoms with Gasteiger partial charge in [0.1, 0.15) is 18.5 Å². The molecule has 1 atom stereocenters. The largest absolute Gasteiger partial charge is 0.491 e. The van der Waals surface area contributed by atoms with Crippen molar-refractivity contribution in [2.45, 2.75) is 51.8 Å². The molecule has 6 heteroatoms. The molecule has 0 amide bonds. The highest BCUT2D eigenvalue weighted by Gasteiger charge is 2.14. The molecule has 154 valence electrons. The Hall–Kier alpha value is -1.89. The van der Waals surface area contributed by atoms with Gasteiger partial charge in [0.15, 0.2) is 0 Å². The van der Waals surface area contributed by atoms with Crippen LogP contribution in [0.25, 0.3) is 0 Å². The van der Waals surface area contributed by atoms with Gasteiger partial charge >= 0.3 is 0 Å². The topological polar surface area (TPSA) is 64.6 Å². The highest BCUT2D eigenvalue weighted by molar-refractivity contribution is 5.28. The third-order valence-electron chi connectivity index (χ3n) is 5.34. The Morgan fingerprint density at radius 1 is 1.21 bits per heavy atom. The van der Waals surface area contributed by atoms with Crippen molar-refractivity contribution >= 4 is 0 Å². The molecule has 0 unspecified atom stereocenters. The van der Waals surface area contributed by atoms with Gasteiger partial charge in [-0.15, -0.1) is 0 Å². The van der Waals surface area contributed by atoms with E-state index in [0.29, 0.717) is 13.2 Å². The van der Waals surface area contributed by atoms with E-state index >= 15 is 0 Å². The van der Waals surface area contributed by atoms with Crippen molar-refractivity contribution in [1.82, 2.24) is 20.0 Å². The second-order valence-corrected chi connectivity index (χ2v) is 8.02. The normalized spacial score (nSPS) is 16.9. The van der Waals surface area contributed by atoms with Crippen molar-refractivity contribution in [2.24, 2.45) is 0 Å². The minimum Gasteiger partial charge on any atom is -0.491 e. The van der Waals surface area contributed by atoms with Gasteiger partial charge < -0.3 is 14.7 Å². The molecule has 0 radical (unpaired) electrons. The first-order valence-electron chi connectivity index (χ1n) is 10.4. The van der Waals surface area contributed by atoms with Crippen molar-refractivity contribution in [1.29, 1.82) is 0 Å². The van der Waals surface area contributed by atoms with Crippen LogP contribution in [0.4, 0.5) is 0 Å². The number of rotatable bonds is 9. The molecule has 1 aliphatic heterocycles. The summed E-state index contributed by atoms with van der Waals surface area (Å²) in [7, 11) is 2.10. The number of aryl methyl sites for hydroxylation is 1. The van der Waals surface area contributed by atoms with Gasteiger partial charge in [-0.3, -0.25) is 10.00 Å². The van der Waals surface area contributed by atoms with Gasteiger partial charge in [-0.05, 0) is 57.6 Å². The Balaban J connectivity index is 1.45. The fraction of sp³-hybridized carbons (Fsp3) is 0.591. The van der Waals surface area contributed by atoms with Crippen LogP contribution in [-0.2, 0) is 13.1 Å². The molecule has 1 saturated heterocycles. The Morgan fingerprint density at radius 2 is 2.00 bits per heavy atom. The molecule has 3 rings (SSSR count). The lowest BCUT2D eigenvalue weighted by atomic mass is 10.2. The van der Waals surface area contributed by atoms with Crippen molar-refractivity contribution in [3.05, 3.63) is 47.3 Å². The van der Waals surface area contributed by atoms with Crippen molar-refractivity contribution in [3.8, 4) is 5.75 Å². The number of nitrogens with one attached hydrogen (secondary N) is 1. The maximum Gasteiger partial charge on any atom is 0.119 e. The van der Waals surface area contributed by atoms with Crippen LogP contribution in [0.5, 0.6) is 5.75 Å². The average molecular weight is 387 g/mol. The van der Waals surface area contributed by atoms with E-state index in [1.165, 1.54) is 36.8 Å². The fourth-order valence-corrected chi connectivity index (χ4v) is 3.79. The number of hydrogen-bond donors (Lipinski definition) is 2. The van der Waals surface area contributed by atoms with Crippen molar-refractivity contribution < 1.29 is 9.84 Å². The zero-order valence-electron chi connectivity index (χ0n) is 17.2. The van der Waals surface area contributed by atoms with E-state index < -0.39 is 6.10 Å². The number of likely N-dealkylation sites (tertiary alicyclic amines) is 1. The summed E-state index contributed by atoms with van der Waals surface area (Å²) in [5.74, 6) is 0.820. The second kappa shape index (κ2) is 10.6. The predicted octanol–water partition coefficient (Wildman–Crippen LogP) is 2.97. The Morgan fingerprint density at radius 3 is 2.71 bits per heavy atom. The van der Waals surface area contributed by atoms with Crippen molar-refractivity contribution in [3.63, 3.8) is 0 Å². The number of aromatic amines is 1. The summed E-state index contributed by atoms with van der Waals surface area (Å²) in [6.07, 6.45) is 6.53. The molecule has 6 nitrogen and oxygen atoms in total. The van der Waals surface area contributed by atoms with Gasteiger partial charge in [0.25, 0.3) is 0 Å². The number of aliphatic hydroxyl groups is 1. The second-order valence-electron chi connectivity index (χ2n) is 8.02. The van der Waals surface area contributed by atoms with E-state index in [2.05, 4.69) is 39.2 Å². The third kappa shape index (κ3) is 6.62. The Bertz CT molecular complexity index is 710. The van der Waals surface area contributed by atoms with Crippen LogP contribution in [0.1, 0.15) is 42.5 Å². The van der Waals surface area contributed by atoms with Crippen LogP contribution < -0.4 is 4.74 Å². The molecule has 1 fully saturated rings. The van der Waals surface area contributed by atoms with Gasteiger partial charge in [0, 0.05) is 30.9 Å². The van der Waals surface area contributed by atoms with Crippen molar-refractivity contribution in [2.75, 3.05) is 33.3 Å². The summed E-state index contributed by atoms with van der Waals surface area (Å²) in [6, 6.07) is 8.15. The highest BCUT2D eigenvalue weighted by atomic mass is 16.5. The van der Waals surface area contributed by atoms with E-state index in [9.17, 15) is 5.11 Å². The standard InChI is InChI=1S/C22H34N4O2/c1-18-20(13-23-24-18)15-25(2)14-19-8-7-9-22(12-19)28-17-21(27)16-26-10-5-3-4-6-11-26/h7-9,12-13,21,27H,3-6,10-11,14-17H2,1-2H3,(H,23,24)/t21-/m1/s1. The molecule has 2 heterocycles. The van der Waals surface area contributed by atoms with Gasteiger partial charge in [0.05, 0.1) is 6.20 Å². The van der Waals surface area contributed by atoms with Gasteiger partial charge in [-0.2, -0.15) is 5.10 Å². The van der Waals surface area contributed by atoms with E-state index in [-0.39, 0.29) is 0 Å². The first kappa shape index (κ1) is 20.8. The SMILES string of the molecule is Cc1[nH]ncc1CN(C)Cc1cccc(OC[C@H](O)CN2CCCCCC2)c1. The van der Waals surface area contributed by atoms with Gasteiger partial charge in [-0.1, -0.05) is 25.0 Å². The Kier molecular flexibility index (Phi) is 7.89. The molecule has 0 bridgehead atoms. The molecule has 1 aromatic carbocycles. The predicted molar refractivity (Wildman–Crippen MR) is 111 cm³/mol. The number of hydrogen-bond acceptors (Lipinski definition) is 5. The number of H-pyrrole nitrogens is 1. The monoisotopic (exact) mass is 386 g/mol. The number of nitrogens with zero attached hydrogens (tertiary/aromatic N) is 3. The zero-order valence-corrected chi connectivity index (χ0v) is 17.2. The number of aromatic nitrogens is 2. The molecule has 1 aromatic heterocycles. The minimum atomic E-state index is -0.450. The summed E-state index contributed by atoms with van der Waals surface area (Å²) in [6.45, 7) is 6.95. The average Bonchev–Trinajstić information content (AvgIpc) is 2.91. The van der Waals surface area contributed by atoms with Crippen LogP contribution in [0, 0.1) is 6.92 Å². The maximum absolute atomic E-state index is 10.4. The minimum absolute atomic E-state index is 0.337. The molecule has 2 aromatic rings. The van der Waals surface area contributed by atoms with E-state index in [1.54, 1.807) is 0 Å². The molecule has 0 aliphatic carbocycles. The lowest BCUT2D eigenvalue weighted by Gasteiger charge is -2.23. The fourth-order valence-electron chi connectivity index (χ4n) is 3.79. The van der Waals surface area contributed by atoms with Gasteiger partial charge in [-0.25, -0.2) is 0 Å². The molecule has 1 aliphatic rings. The molecular weight excluding hydrogens is 352 g/mol. The van der Waals surface area contributed by atoms with Gasteiger partial charge in [0.2, 0.25) is 0 Å². The molecule has 2 N–H and O–H groups in total. The van der Waals surface area contributed by atoms with Crippen LogP contribution in [0.15, 0.2) is 30.5 Å². The number of aliphatic hydroxyl groups excluding tert-OH is 1. The van der Waals surface area contributed by atoms with E-state index in [4.69, 9.17) is 4.74 Å². The zero-order chi connectivity index (χ0) is 19.8. The van der Waals surface area contributed by atoms with Crippen LogP contribution >= 0.6 is 0 Å². The lowest BCUT2D eigenvalue weighted by molar-refractivity contribution is 0.0693. The van der Waals surface area contributed by atoms with Crippen LogP contribution in [-0.4, -0.2) is 64.5 Å². The summed E-state index contributed by atoms with van der Waals surface area (Å²) in [5.41, 5.74) is 3.53.